The van der Waals surface area contributed by atoms with Crippen LogP contribution in [-0.2, 0) is 6.42 Å². The molecule has 0 saturated heterocycles. The van der Waals surface area contributed by atoms with Gasteiger partial charge in [-0.3, -0.25) is 0 Å². The minimum Gasteiger partial charge on any atom is -0.328 e. The molecule has 0 aliphatic rings. The summed E-state index contributed by atoms with van der Waals surface area (Å²) in [5, 5.41) is 0. The lowest BCUT2D eigenvalue weighted by Crippen LogP contribution is -2.27. The molecule has 0 heterocycles. The first-order valence-electron chi connectivity index (χ1n) is 5.50. The molecule has 3 heteroatoms. The summed E-state index contributed by atoms with van der Waals surface area (Å²) in [6.45, 7) is 5.85. The van der Waals surface area contributed by atoms with Crippen LogP contribution in [0.4, 0.5) is 8.78 Å². The Labute approximate surface area is 95.7 Å². The van der Waals surface area contributed by atoms with Gasteiger partial charge in [0.05, 0.1) is 0 Å². The first kappa shape index (κ1) is 13.1. The van der Waals surface area contributed by atoms with E-state index in [0.29, 0.717) is 6.42 Å². The molecule has 0 aliphatic carbocycles. The van der Waals surface area contributed by atoms with Gasteiger partial charge in [0.15, 0.2) is 0 Å². The van der Waals surface area contributed by atoms with Crippen molar-refractivity contribution in [3.8, 4) is 0 Å². The van der Waals surface area contributed by atoms with E-state index >= 15 is 0 Å². The fourth-order valence-electron chi connectivity index (χ4n) is 2.12. The Bertz CT molecular complexity index is 339. The molecule has 1 rings (SSSR count). The van der Waals surface area contributed by atoms with Crippen LogP contribution in [0.15, 0.2) is 18.2 Å². The Balaban J connectivity index is 2.87. The van der Waals surface area contributed by atoms with E-state index < -0.39 is 11.6 Å². The monoisotopic (exact) mass is 227 g/mol. The quantitative estimate of drug-likeness (QED) is 0.839. The van der Waals surface area contributed by atoms with Gasteiger partial charge in [0, 0.05) is 11.6 Å². The van der Waals surface area contributed by atoms with Crippen molar-refractivity contribution in [2.75, 3.05) is 0 Å². The fraction of sp³-hybridized carbons (Fsp3) is 0.538. The number of hydrogen-bond acceptors (Lipinski definition) is 1. The number of benzene rings is 1. The van der Waals surface area contributed by atoms with Crippen molar-refractivity contribution >= 4 is 0 Å². The van der Waals surface area contributed by atoms with Gasteiger partial charge < -0.3 is 5.73 Å². The lowest BCUT2D eigenvalue weighted by Gasteiger charge is -2.27. The highest BCUT2D eigenvalue weighted by Gasteiger charge is 2.23. The van der Waals surface area contributed by atoms with Crippen molar-refractivity contribution in [2.45, 2.75) is 39.7 Å². The number of hydrogen-bond donors (Lipinski definition) is 1. The molecular weight excluding hydrogens is 208 g/mol. The van der Waals surface area contributed by atoms with Crippen LogP contribution in [0.1, 0.15) is 32.8 Å². The van der Waals surface area contributed by atoms with E-state index in [9.17, 15) is 8.78 Å². The Morgan fingerprint density at radius 2 is 1.75 bits per heavy atom. The van der Waals surface area contributed by atoms with Crippen LogP contribution in [0.3, 0.4) is 0 Å². The molecule has 2 N–H and O–H groups in total. The summed E-state index contributed by atoms with van der Waals surface area (Å²) in [7, 11) is 0. The predicted octanol–water partition coefficient (Wildman–Crippen LogP) is 3.27. The third kappa shape index (κ3) is 3.56. The number of rotatable bonds is 4. The van der Waals surface area contributed by atoms with E-state index in [-0.39, 0.29) is 17.0 Å². The maximum atomic E-state index is 13.4. The lowest BCUT2D eigenvalue weighted by molar-refractivity contribution is 0.300. The molecule has 0 aromatic heterocycles. The third-order valence-electron chi connectivity index (χ3n) is 2.59. The third-order valence-corrected chi connectivity index (χ3v) is 2.59. The van der Waals surface area contributed by atoms with Crippen LogP contribution < -0.4 is 5.73 Å². The highest BCUT2D eigenvalue weighted by Crippen LogP contribution is 2.29. The molecule has 0 radical (unpaired) electrons. The second-order valence-corrected chi connectivity index (χ2v) is 5.22. The zero-order valence-corrected chi connectivity index (χ0v) is 10.1. The summed E-state index contributed by atoms with van der Waals surface area (Å²) < 4.78 is 26.9. The first-order valence-corrected chi connectivity index (χ1v) is 5.50. The largest absolute Gasteiger partial charge is 0.328 e. The van der Waals surface area contributed by atoms with Gasteiger partial charge in [-0.05, 0) is 37.3 Å². The van der Waals surface area contributed by atoms with Gasteiger partial charge >= 0.3 is 0 Å². The van der Waals surface area contributed by atoms with E-state index in [2.05, 4.69) is 0 Å². The molecule has 0 spiro atoms. The first-order chi connectivity index (χ1) is 7.32. The standard InChI is InChI=1S/C13H19F2N/c1-9(16)7-13(2,3)8-10-11(14)5-4-6-12(10)15/h4-6,9H,7-8,16H2,1-3H3. The average molecular weight is 227 g/mol. The summed E-state index contributed by atoms with van der Waals surface area (Å²) in [5.74, 6) is -0.949. The molecule has 0 aliphatic heterocycles. The molecule has 90 valence electrons. The molecule has 0 saturated carbocycles. The second-order valence-electron chi connectivity index (χ2n) is 5.22. The van der Waals surface area contributed by atoms with Crippen LogP contribution in [0, 0.1) is 17.0 Å². The van der Waals surface area contributed by atoms with Crippen molar-refractivity contribution in [2.24, 2.45) is 11.1 Å². The van der Waals surface area contributed by atoms with Crippen LogP contribution >= 0.6 is 0 Å². The molecular formula is C13H19F2N. The molecule has 16 heavy (non-hydrogen) atoms. The normalized spacial score (nSPS) is 13.9. The highest BCUT2D eigenvalue weighted by molar-refractivity contribution is 5.21. The predicted molar refractivity (Wildman–Crippen MR) is 62.1 cm³/mol. The Hall–Kier alpha value is -0.960. The zero-order chi connectivity index (χ0) is 12.3. The summed E-state index contributed by atoms with van der Waals surface area (Å²) >= 11 is 0. The summed E-state index contributed by atoms with van der Waals surface area (Å²) in [4.78, 5) is 0. The van der Waals surface area contributed by atoms with Crippen LogP contribution in [-0.4, -0.2) is 6.04 Å². The van der Waals surface area contributed by atoms with Crippen LogP contribution in [0.5, 0.6) is 0 Å². The molecule has 0 fully saturated rings. The van der Waals surface area contributed by atoms with Crippen LogP contribution in [0.25, 0.3) is 0 Å². The SMILES string of the molecule is CC(N)CC(C)(C)Cc1c(F)cccc1F. The van der Waals surface area contributed by atoms with Gasteiger partial charge in [-0.1, -0.05) is 19.9 Å². The summed E-state index contributed by atoms with van der Waals surface area (Å²) in [5.41, 5.74) is 5.68. The highest BCUT2D eigenvalue weighted by atomic mass is 19.1. The Kier molecular flexibility index (Phi) is 4.03. The van der Waals surface area contributed by atoms with Gasteiger partial charge in [-0.15, -0.1) is 0 Å². The van der Waals surface area contributed by atoms with Crippen molar-refractivity contribution in [3.05, 3.63) is 35.4 Å². The molecule has 1 aromatic carbocycles. The number of halogens is 2. The van der Waals surface area contributed by atoms with E-state index in [4.69, 9.17) is 5.73 Å². The maximum absolute atomic E-state index is 13.4. The fourth-order valence-corrected chi connectivity index (χ4v) is 2.12. The van der Waals surface area contributed by atoms with Crippen molar-refractivity contribution in [1.82, 2.24) is 0 Å². The van der Waals surface area contributed by atoms with E-state index in [1.54, 1.807) is 0 Å². The lowest BCUT2D eigenvalue weighted by atomic mass is 9.80. The second kappa shape index (κ2) is 4.91. The zero-order valence-electron chi connectivity index (χ0n) is 10.1. The van der Waals surface area contributed by atoms with Gasteiger partial charge in [0.1, 0.15) is 11.6 Å². The molecule has 1 nitrogen and oxygen atoms in total. The van der Waals surface area contributed by atoms with E-state index in [1.807, 2.05) is 20.8 Å². The minimum atomic E-state index is -0.474. The van der Waals surface area contributed by atoms with E-state index in [1.165, 1.54) is 18.2 Å². The molecule has 1 atom stereocenters. The Morgan fingerprint density at radius 3 is 2.19 bits per heavy atom. The average Bonchev–Trinajstić information content (AvgIpc) is 2.09. The van der Waals surface area contributed by atoms with Crippen LogP contribution in [0.2, 0.25) is 0 Å². The van der Waals surface area contributed by atoms with Crippen molar-refractivity contribution in [1.29, 1.82) is 0 Å². The van der Waals surface area contributed by atoms with Gasteiger partial charge in [-0.25, -0.2) is 8.78 Å². The molecule has 0 bridgehead atoms. The topological polar surface area (TPSA) is 26.0 Å². The van der Waals surface area contributed by atoms with Gasteiger partial charge in [-0.2, -0.15) is 0 Å². The molecule has 1 unspecified atom stereocenters. The van der Waals surface area contributed by atoms with Gasteiger partial charge in [0.2, 0.25) is 0 Å². The minimum absolute atomic E-state index is 0.0323. The summed E-state index contributed by atoms with van der Waals surface area (Å²) in [6, 6.07) is 4.00. The van der Waals surface area contributed by atoms with E-state index in [0.717, 1.165) is 6.42 Å². The Morgan fingerprint density at radius 1 is 1.25 bits per heavy atom. The van der Waals surface area contributed by atoms with Gasteiger partial charge in [0.25, 0.3) is 0 Å². The maximum Gasteiger partial charge on any atom is 0.129 e. The molecule has 1 aromatic rings. The summed E-state index contributed by atoms with van der Waals surface area (Å²) in [6.07, 6.45) is 1.10. The molecule has 0 amide bonds. The smallest absolute Gasteiger partial charge is 0.129 e. The van der Waals surface area contributed by atoms with Crippen molar-refractivity contribution in [3.63, 3.8) is 0 Å². The number of nitrogens with two attached hydrogens (primary N) is 1. The van der Waals surface area contributed by atoms with Crippen molar-refractivity contribution < 1.29 is 8.78 Å².